The van der Waals surface area contributed by atoms with E-state index in [1.54, 1.807) is 18.2 Å². The number of amides is 1. The lowest BCUT2D eigenvalue weighted by atomic mass is 10.3. The standard InChI is InChI=1S/C12H14N2O3S/c1-3-8-13-12(15)9-14-10-6-4-5-7-11(10)18(2,16)17/h1,4-7,14H,8-9H2,2H3,(H,13,15). The third-order valence-corrected chi connectivity index (χ3v) is 3.27. The molecule has 0 radical (unpaired) electrons. The molecule has 96 valence electrons. The summed E-state index contributed by atoms with van der Waals surface area (Å²) in [6.07, 6.45) is 6.12. The lowest BCUT2D eigenvalue weighted by Gasteiger charge is -2.10. The molecule has 0 aliphatic rings. The summed E-state index contributed by atoms with van der Waals surface area (Å²) >= 11 is 0. The van der Waals surface area contributed by atoms with Gasteiger partial charge in [-0.2, -0.15) is 0 Å². The molecule has 18 heavy (non-hydrogen) atoms. The average Bonchev–Trinajstić information content (AvgIpc) is 2.33. The number of nitrogens with one attached hydrogen (secondary N) is 2. The molecule has 0 bridgehead atoms. The number of terminal acetylenes is 1. The van der Waals surface area contributed by atoms with Gasteiger partial charge in [0.15, 0.2) is 9.84 Å². The minimum atomic E-state index is -3.32. The highest BCUT2D eigenvalue weighted by atomic mass is 32.2. The fourth-order valence-electron chi connectivity index (χ4n) is 1.32. The van der Waals surface area contributed by atoms with Crippen molar-refractivity contribution in [3.8, 4) is 12.3 Å². The highest BCUT2D eigenvalue weighted by Gasteiger charge is 2.12. The predicted molar refractivity (Wildman–Crippen MR) is 69.9 cm³/mol. The van der Waals surface area contributed by atoms with Crippen LogP contribution in [0.3, 0.4) is 0 Å². The smallest absolute Gasteiger partial charge is 0.240 e. The van der Waals surface area contributed by atoms with Crippen LogP contribution in [0.4, 0.5) is 5.69 Å². The highest BCUT2D eigenvalue weighted by molar-refractivity contribution is 7.90. The molecule has 0 aliphatic carbocycles. The van der Waals surface area contributed by atoms with Crippen molar-refractivity contribution in [1.29, 1.82) is 0 Å². The zero-order valence-corrected chi connectivity index (χ0v) is 10.8. The van der Waals surface area contributed by atoms with E-state index >= 15 is 0 Å². The van der Waals surface area contributed by atoms with Gasteiger partial charge in [0.2, 0.25) is 5.91 Å². The number of para-hydroxylation sites is 1. The number of sulfone groups is 1. The second kappa shape index (κ2) is 6.07. The Kier molecular flexibility index (Phi) is 4.75. The molecular weight excluding hydrogens is 252 g/mol. The first-order valence-corrected chi connectivity index (χ1v) is 7.07. The third-order valence-electron chi connectivity index (χ3n) is 2.11. The van der Waals surface area contributed by atoms with Gasteiger partial charge in [0.25, 0.3) is 0 Å². The Morgan fingerprint density at radius 2 is 2.06 bits per heavy atom. The van der Waals surface area contributed by atoms with Gasteiger partial charge in [-0.3, -0.25) is 4.79 Å². The fourth-order valence-corrected chi connectivity index (χ4v) is 2.19. The molecule has 0 saturated carbocycles. The lowest BCUT2D eigenvalue weighted by molar-refractivity contribution is -0.119. The van der Waals surface area contributed by atoms with Crippen LogP contribution in [0, 0.1) is 12.3 Å². The second-order valence-corrected chi connectivity index (χ2v) is 5.59. The SMILES string of the molecule is C#CCNC(=O)CNc1ccccc1S(C)(=O)=O. The summed E-state index contributed by atoms with van der Waals surface area (Å²) in [5.41, 5.74) is 0.399. The molecule has 0 heterocycles. The van der Waals surface area contributed by atoms with Gasteiger partial charge >= 0.3 is 0 Å². The number of carbonyl (C=O) groups is 1. The summed E-state index contributed by atoms with van der Waals surface area (Å²) in [4.78, 5) is 11.5. The van der Waals surface area contributed by atoms with Crippen LogP contribution in [0.2, 0.25) is 0 Å². The zero-order chi connectivity index (χ0) is 13.6. The van der Waals surface area contributed by atoms with Crippen molar-refractivity contribution in [1.82, 2.24) is 5.32 Å². The summed E-state index contributed by atoms with van der Waals surface area (Å²) in [5, 5.41) is 5.24. The van der Waals surface area contributed by atoms with Crippen LogP contribution in [0.15, 0.2) is 29.2 Å². The van der Waals surface area contributed by atoms with Crippen molar-refractivity contribution in [3.63, 3.8) is 0 Å². The van der Waals surface area contributed by atoms with Gasteiger partial charge in [-0.1, -0.05) is 18.1 Å². The van der Waals surface area contributed by atoms with E-state index in [9.17, 15) is 13.2 Å². The third kappa shape index (κ3) is 4.11. The highest BCUT2D eigenvalue weighted by Crippen LogP contribution is 2.19. The molecule has 6 heteroatoms. The number of anilines is 1. The molecule has 0 aromatic heterocycles. The van der Waals surface area contributed by atoms with E-state index in [2.05, 4.69) is 16.6 Å². The van der Waals surface area contributed by atoms with E-state index in [1.165, 1.54) is 6.07 Å². The zero-order valence-electron chi connectivity index (χ0n) is 9.93. The maximum Gasteiger partial charge on any atom is 0.240 e. The van der Waals surface area contributed by atoms with Gasteiger partial charge in [0.05, 0.1) is 23.7 Å². The van der Waals surface area contributed by atoms with Crippen LogP contribution in [0.5, 0.6) is 0 Å². The van der Waals surface area contributed by atoms with Crippen LogP contribution < -0.4 is 10.6 Å². The average molecular weight is 266 g/mol. The first-order chi connectivity index (χ1) is 8.45. The van der Waals surface area contributed by atoms with E-state index in [0.717, 1.165) is 6.26 Å². The monoisotopic (exact) mass is 266 g/mol. The van der Waals surface area contributed by atoms with Gasteiger partial charge in [-0.05, 0) is 12.1 Å². The van der Waals surface area contributed by atoms with Crippen molar-refractivity contribution in [3.05, 3.63) is 24.3 Å². The van der Waals surface area contributed by atoms with Crippen LogP contribution in [-0.2, 0) is 14.6 Å². The second-order valence-electron chi connectivity index (χ2n) is 3.60. The first-order valence-electron chi connectivity index (χ1n) is 5.18. The Morgan fingerprint density at radius 1 is 1.39 bits per heavy atom. The van der Waals surface area contributed by atoms with E-state index in [-0.39, 0.29) is 23.9 Å². The topological polar surface area (TPSA) is 75.3 Å². The summed E-state index contributed by atoms with van der Waals surface area (Å²) in [5.74, 6) is 1.98. The minimum Gasteiger partial charge on any atom is -0.375 e. The molecule has 0 unspecified atom stereocenters. The molecule has 5 nitrogen and oxygen atoms in total. The Balaban J connectivity index is 2.75. The number of benzene rings is 1. The summed E-state index contributed by atoms with van der Waals surface area (Å²) < 4.78 is 23.0. The molecule has 0 aliphatic heterocycles. The van der Waals surface area contributed by atoms with Crippen LogP contribution in [-0.4, -0.2) is 33.7 Å². The molecule has 1 aromatic rings. The molecule has 0 atom stereocenters. The van der Waals surface area contributed by atoms with Gasteiger partial charge in [-0.15, -0.1) is 6.42 Å². The molecule has 1 rings (SSSR count). The summed E-state index contributed by atoms with van der Waals surface area (Å²) in [6.45, 7) is 0.114. The lowest BCUT2D eigenvalue weighted by Crippen LogP contribution is -2.30. The van der Waals surface area contributed by atoms with E-state index in [1.807, 2.05) is 0 Å². The molecule has 1 amide bonds. The number of rotatable bonds is 5. The molecule has 2 N–H and O–H groups in total. The largest absolute Gasteiger partial charge is 0.375 e. The normalized spacial score (nSPS) is 10.4. The van der Waals surface area contributed by atoms with Crippen LogP contribution >= 0.6 is 0 Å². The van der Waals surface area contributed by atoms with Gasteiger partial charge in [-0.25, -0.2) is 8.42 Å². The van der Waals surface area contributed by atoms with Crippen molar-refractivity contribution in [2.24, 2.45) is 0 Å². The quantitative estimate of drug-likeness (QED) is 0.749. The fraction of sp³-hybridized carbons (Fsp3) is 0.250. The van der Waals surface area contributed by atoms with Crippen molar-refractivity contribution < 1.29 is 13.2 Å². The van der Waals surface area contributed by atoms with E-state index in [4.69, 9.17) is 6.42 Å². The molecule has 0 fully saturated rings. The molecule has 0 saturated heterocycles. The summed E-state index contributed by atoms with van der Waals surface area (Å²) in [7, 11) is -3.32. The predicted octanol–water partition coefficient (Wildman–Crippen LogP) is 0.251. The maximum absolute atomic E-state index is 11.5. The number of hydrogen-bond donors (Lipinski definition) is 2. The Labute approximate surface area is 107 Å². The first kappa shape index (κ1) is 14.1. The van der Waals surface area contributed by atoms with Gasteiger partial charge < -0.3 is 10.6 Å². The van der Waals surface area contributed by atoms with E-state index in [0.29, 0.717) is 5.69 Å². The number of carbonyl (C=O) groups excluding carboxylic acids is 1. The Hall–Kier alpha value is -2.00. The van der Waals surface area contributed by atoms with Crippen molar-refractivity contribution >= 4 is 21.4 Å². The minimum absolute atomic E-state index is 0.0335. The molecule has 1 aromatic carbocycles. The van der Waals surface area contributed by atoms with Crippen LogP contribution in [0.25, 0.3) is 0 Å². The van der Waals surface area contributed by atoms with Crippen molar-refractivity contribution in [2.75, 3.05) is 24.7 Å². The van der Waals surface area contributed by atoms with E-state index < -0.39 is 9.84 Å². The van der Waals surface area contributed by atoms with Gasteiger partial charge in [0, 0.05) is 6.26 Å². The Bertz CT molecular complexity index is 573. The Morgan fingerprint density at radius 3 is 2.67 bits per heavy atom. The van der Waals surface area contributed by atoms with Gasteiger partial charge in [0.1, 0.15) is 0 Å². The molecule has 0 spiro atoms. The van der Waals surface area contributed by atoms with Crippen molar-refractivity contribution in [2.45, 2.75) is 4.90 Å². The summed E-state index contributed by atoms with van der Waals surface area (Å²) in [6, 6.07) is 6.40. The van der Waals surface area contributed by atoms with Crippen LogP contribution in [0.1, 0.15) is 0 Å². The molecular formula is C12H14N2O3S. The maximum atomic E-state index is 11.5. The number of hydrogen-bond acceptors (Lipinski definition) is 4.